The first kappa shape index (κ1) is 17.3. The molecule has 0 unspecified atom stereocenters. The van der Waals surface area contributed by atoms with Crippen molar-refractivity contribution in [3.8, 4) is 0 Å². The fourth-order valence-corrected chi connectivity index (χ4v) is 4.82. The molecule has 0 radical (unpaired) electrons. The van der Waals surface area contributed by atoms with Gasteiger partial charge in [0.2, 0.25) is 0 Å². The Hall–Kier alpha value is -1.10. The van der Waals surface area contributed by atoms with Crippen LogP contribution in [0.5, 0.6) is 0 Å². The van der Waals surface area contributed by atoms with Crippen LogP contribution < -0.4 is 3.61 Å². The second-order valence-electron chi connectivity index (χ2n) is 6.82. The molecule has 0 amide bonds. The summed E-state index contributed by atoms with van der Waals surface area (Å²) < 4.78 is 2.81. The first-order valence-corrected chi connectivity index (χ1v) is 10.0. The van der Waals surface area contributed by atoms with Crippen molar-refractivity contribution in [1.29, 1.82) is 0 Å². The maximum atomic E-state index is 5.12. The molecular formula is C20H25NTe. The van der Waals surface area contributed by atoms with Crippen LogP contribution in [-0.4, -0.2) is 24.7 Å². The predicted octanol–water partition coefficient (Wildman–Crippen LogP) is 4.72. The number of hydrogen-bond donors (Lipinski definition) is 0. The Bertz CT molecular complexity index is 656. The quantitative estimate of drug-likeness (QED) is 0.516. The minimum absolute atomic E-state index is 0.113. The molecule has 0 bridgehead atoms. The zero-order valence-corrected chi connectivity index (χ0v) is 16.7. The SMILES string of the molecule is Cc1ccc([Te]C(=Nc2c(C)cccc2C)C(C)(C)C)cc1. The summed E-state index contributed by atoms with van der Waals surface area (Å²) in [6.07, 6.45) is 0. The van der Waals surface area contributed by atoms with E-state index in [-0.39, 0.29) is 5.41 Å². The molecule has 0 aromatic heterocycles. The number of aliphatic imine (C=N–C) groups is 1. The van der Waals surface area contributed by atoms with E-state index in [9.17, 15) is 0 Å². The Morgan fingerprint density at radius 1 is 0.864 bits per heavy atom. The summed E-state index contributed by atoms with van der Waals surface area (Å²) in [5.41, 5.74) is 5.11. The van der Waals surface area contributed by atoms with Gasteiger partial charge in [-0.2, -0.15) is 0 Å². The molecule has 22 heavy (non-hydrogen) atoms. The Labute approximate surface area is 145 Å². The van der Waals surface area contributed by atoms with Crippen molar-refractivity contribution >= 4 is 34.0 Å². The molecule has 2 aromatic carbocycles. The van der Waals surface area contributed by atoms with Gasteiger partial charge in [-0.1, -0.05) is 0 Å². The molecule has 0 fully saturated rings. The molecule has 1 nitrogen and oxygen atoms in total. The van der Waals surface area contributed by atoms with Gasteiger partial charge < -0.3 is 0 Å². The number of aryl methyl sites for hydroxylation is 3. The molecule has 0 heterocycles. The summed E-state index contributed by atoms with van der Waals surface area (Å²) in [6, 6.07) is 15.4. The number of benzene rings is 2. The van der Waals surface area contributed by atoms with Crippen molar-refractivity contribution in [2.24, 2.45) is 10.4 Å². The van der Waals surface area contributed by atoms with Crippen molar-refractivity contribution in [2.45, 2.75) is 41.5 Å². The summed E-state index contributed by atoms with van der Waals surface area (Å²) in [5, 5.41) is 0. The summed E-state index contributed by atoms with van der Waals surface area (Å²) in [6.45, 7) is 13.3. The topological polar surface area (TPSA) is 12.4 Å². The van der Waals surface area contributed by atoms with Gasteiger partial charge in [0.15, 0.2) is 0 Å². The van der Waals surface area contributed by atoms with Gasteiger partial charge in [0.1, 0.15) is 0 Å². The van der Waals surface area contributed by atoms with Crippen LogP contribution in [0.15, 0.2) is 47.5 Å². The molecular weight excluding hydrogens is 382 g/mol. The van der Waals surface area contributed by atoms with Crippen LogP contribution in [-0.2, 0) is 0 Å². The molecule has 116 valence electrons. The summed E-state index contributed by atoms with van der Waals surface area (Å²) in [5.74, 6) is 0. The molecule has 0 aliphatic carbocycles. The number of rotatable bonds is 3. The van der Waals surface area contributed by atoms with E-state index >= 15 is 0 Å². The Kier molecular flexibility index (Phi) is 5.48. The molecule has 0 aliphatic heterocycles. The minimum atomic E-state index is -0.451. The summed E-state index contributed by atoms with van der Waals surface area (Å²) in [4.78, 5) is 5.12. The number of hydrogen-bond acceptors (Lipinski definition) is 1. The first-order chi connectivity index (χ1) is 10.3. The molecule has 0 saturated heterocycles. The first-order valence-electron chi connectivity index (χ1n) is 7.67. The molecule has 0 aliphatic rings. The third kappa shape index (κ3) is 4.45. The normalized spacial score (nSPS) is 12.5. The van der Waals surface area contributed by atoms with Crippen LogP contribution in [0.1, 0.15) is 37.5 Å². The molecule has 0 saturated carbocycles. The second kappa shape index (κ2) is 6.99. The van der Waals surface area contributed by atoms with Crippen molar-refractivity contribution in [3.05, 3.63) is 59.2 Å². The van der Waals surface area contributed by atoms with Gasteiger partial charge in [0.25, 0.3) is 0 Å². The van der Waals surface area contributed by atoms with Crippen LogP contribution in [0.2, 0.25) is 0 Å². The van der Waals surface area contributed by atoms with Crippen LogP contribution in [0.3, 0.4) is 0 Å². The van der Waals surface area contributed by atoms with E-state index in [1.807, 2.05) is 0 Å². The van der Waals surface area contributed by atoms with Crippen LogP contribution in [0.4, 0.5) is 5.69 Å². The summed E-state index contributed by atoms with van der Waals surface area (Å²) >= 11 is -0.451. The molecule has 0 N–H and O–H groups in total. The van der Waals surface area contributed by atoms with E-state index in [1.54, 1.807) is 0 Å². The van der Waals surface area contributed by atoms with E-state index in [0.29, 0.717) is 0 Å². The average molecular weight is 407 g/mol. The van der Waals surface area contributed by atoms with Gasteiger partial charge in [-0.25, -0.2) is 0 Å². The Balaban J connectivity index is 2.43. The van der Waals surface area contributed by atoms with Gasteiger partial charge in [0.05, 0.1) is 0 Å². The third-order valence-corrected chi connectivity index (χ3v) is 7.54. The van der Waals surface area contributed by atoms with Crippen LogP contribution in [0.25, 0.3) is 0 Å². The fraction of sp³-hybridized carbons (Fsp3) is 0.350. The van der Waals surface area contributed by atoms with Crippen LogP contribution >= 0.6 is 0 Å². The van der Waals surface area contributed by atoms with Gasteiger partial charge >= 0.3 is 145 Å². The zero-order valence-electron chi connectivity index (χ0n) is 14.4. The van der Waals surface area contributed by atoms with Crippen molar-refractivity contribution in [1.82, 2.24) is 0 Å². The van der Waals surface area contributed by atoms with E-state index in [1.165, 1.54) is 24.1 Å². The fourth-order valence-electron chi connectivity index (χ4n) is 2.15. The Morgan fingerprint density at radius 3 is 1.91 bits per heavy atom. The standard InChI is InChI=1S/C20H25NTe/c1-14-10-12-17(13-11-14)22-19(20(4,5)6)21-18-15(2)8-7-9-16(18)3/h7-13H,1-6H3. The van der Waals surface area contributed by atoms with Gasteiger partial charge in [0, 0.05) is 0 Å². The molecule has 0 spiro atoms. The molecule has 2 aromatic rings. The Morgan fingerprint density at radius 2 is 1.41 bits per heavy atom. The second-order valence-corrected chi connectivity index (χ2v) is 9.85. The van der Waals surface area contributed by atoms with E-state index in [2.05, 4.69) is 84.0 Å². The molecule has 0 atom stereocenters. The molecule has 2 rings (SSSR count). The van der Waals surface area contributed by atoms with Gasteiger partial charge in [-0.3, -0.25) is 0 Å². The number of para-hydroxylation sites is 1. The van der Waals surface area contributed by atoms with Gasteiger partial charge in [-0.15, -0.1) is 0 Å². The van der Waals surface area contributed by atoms with Gasteiger partial charge in [-0.05, 0) is 0 Å². The van der Waals surface area contributed by atoms with E-state index in [0.717, 1.165) is 5.69 Å². The summed E-state index contributed by atoms with van der Waals surface area (Å²) in [7, 11) is 0. The van der Waals surface area contributed by atoms with Crippen molar-refractivity contribution < 1.29 is 0 Å². The van der Waals surface area contributed by atoms with E-state index in [4.69, 9.17) is 4.99 Å². The monoisotopic (exact) mass is 409 g/mol. The third-order valence-electron chi connectivity index (χ3n) is 3.53. The van der Waals surface area contributed by atoms with Crippen molar-refractivity contribution in [2.75, 3.05) is 0 Å². The maximum absolute atomic E-state index is 5.12. The predicted molar refractivity (Wildman–Crippen MR) is 99.0 cm³/mol. The number of nitrogens with zero attached hydrogens (tertiary/aromatic N) is 1. The van der Waals surface area contributed by atoms with Crippen LogP contribution in [0, 0.1) is 26.2 Å². The molecule has 2 heteroatoms. The zero-order chi connectivity index (χ0) is 16.3. The van der Waals surface area contributed by atoms with E-state index < -0.39 is 20.9 Å². The van der Waals surface area contributed by atoms with Crippen molar-refractivity contribution in [3.63, 3.8) is 0 Å². The average Bonchev–Trinajstić information content (AvgIpc) is 2.42.